The molecule has 0 spiro atoms. The lowest BCUT2D eigenvalue weighted by atomic mass is 10.0. The summed E-state index contributed by atoms with van der Waals surface area (Å²) in [6.45, 7) is 20.1. The number of thioether (sulfide) groups is 2. The topological polar surface area (TPSA) is 0 Å². The molecule has 1 radical (unpaired) electrons. The molecule has 2 heteroatoms. The van der Waals surface area contributed by atoms with E-state index in [2.05, 4.69) is 105 Å². The lowest BCUT2D eigenvalue weighted by Gasteiger charge is -2.23. The van der Waals surface area contributed by atoms with Crippen molar-refractivity contribution in [2.24, 2.45) is 0 Å². The Morgan fingerprint density at radius 3 is 1.70 bits per heavy atom. The van der Waals surface area contributed by atoms with Crippen LogP contribution in [-0.2, 0) is 0 Å². The molecule has 0 saturated carbocycles. The van der Waals surface area contributed by atoms with Gasteiger partial charge in [-0.25, -0.2) is 0 Å². The van der Waals surface area contributed by atoms with Crippen molar-refractivity contribution in [2.45, 2.75) is 110 Å². The fraction of sp³-hybridized carbons (Fsp3) is 0.548. The van der Waals surface area contributed by atoms with Gasteiger partial charge in [0, 0.05) is 10.6 Å². The summed E-state index contributed by atoms with van der Waals surface area (Å²) in [5.41, 5.74) is 8.42. The van der Waals surface area contributed by atoms with Crippen LogP contribution in [0.5, 0.6) is 0 Å². The molecule has 0 aromatic heterocycles. The van der Waals surface area contributed by atoms with Crippen LogP contribution in [0.2, 0.25) is 0 Å². The number of allylic oxidation sites excluding steroid dienone is 7. The molecule has 0 N–H and O–H groups in total. The van der Waals surface area contributed by atoms with Gasteiger partial charge in [-0.1, -0.05) is 46.6 Å². The van der Waals surface area contributed by atoms with Gasteiger partial charge in [0.2, 0.25) is 0 Å². The summed E-state index contributed by atoms with van der Waals surface area (Å²) < 4.78 is 0.158. The molecule has 1 rings (SSSR count). The molecule has 0 aliphatic rings. The minimum Gasteiger partial charge on any atom is -0.140 e. The Balaban J connectivity index is 2.35. The average molecular weight is 484 g/mol. The zero-order chi connectivity index (χ0) is 24.9. The quantitative estimate of drug-likeness (QED) is 0.147. The van der Waals surface area contributed by atoms with Crippen LogP contribution in [0.25, 0.3) is 0 Å². The van der Waals surface area contributed by atoms with E-state index in [9.17, 15) is 0 Å². The molecule has 0 saturated heterocycles. The second-order valence-corrected chi connectivity index (χ2v) is 13.6. The van der Waals surface area contributed by atoms with Crippen molar-refractivity contribution in [3.63, 3.8) is 0 Å². The van der Waals surface area contributed by atoms with Crippen LogP contribution in [0, 0.1) is 19.9 Å². The third-order valence-electron chi connectivity index (χ3n) is 5.49. The average Bonchev–Trinajstić information content (AvgIpc) is 2.66. The van der Waals surface area contributed by atoms with E-state index in [1.54, 1.807) is 0 Å². The highest BCUT2D eigenvalue weighted by molar-refractivity contribution is 8.18. The molecule has 0 amide bonds. The van der Waals surface area contributed by atoms with E-state index in [0.717, 1.165) is 18.6 Å². The third-order valence-corrected chi connectivity index (χ3v) is 8.09. The zero-order valence-electron chi connectivity index (χ0n) is 22.7. The van der Waals surface area contributed by atoms with Crippen molar-refractivity contribution >= 4 is 23.5 Å². The summed E-state index contributed by atoms with van der Waals surface area (Å²) in [6.07, 6.45) is 16.6. The molecule has 0 unspecified atom stereocenters. The van der Waals surface area contributed by atoms with Gasteiger partial charge in [-0.15, -0.1) is 23.5 Å². The SMILES string of the molecule is CC(C)=CCCC(C)=CCCC(C)=CCCC(C)=CCSC(C)(C)Sc1cc(C)[c]c(C)c1. The lowest BCUT2D eigenvalue weighted by Crippen LogP contribution is -2.09. The molecule has 0 nitrogen and oxygen atoms in total. The highest BCUT2D eigenvalue weighted by Gasteiger charge is 2.19. The van der Waals surface area contributed by atoms with Crippen molar-refractivity contribution in [3.8, 4) is 0 Å². The largest absolute Gasteiger partial charge is 0.140 e. The van der Waals surface area contributed by atoms with Gasteiger partial charge in [0.25, 0.3) is 0 Å². The van der Waals surface area contributed by atoms with Crippen LogP contribution >= 0.6 is 23.5 Å². The summed E-state index contributed by atoms with van der Waals surface area (Å²) in [4.78, 5) is 1.35. The van der Waals surface area contributed by atoms with Crippen molar-refractivity contribution < 1.29 is 0 Å². The van der Waals surface area contributed by atoms with E-state index >= 15 is 0 Å². The predicted molar refractivity (Wildman–Crippen MR) is 156 cm³/mol. The van der Waals surface area contributed by atoms with Crippen molar-refractivity contribution in [1.29, 1.82) is 0 Å². The molecular formula is C31H47S2. The molecule has 1 aromatic carbocycles. The molecule has 1 aromatic rings. The summed E-state index contributed by atoms with van der Waals surface area (Å²) in [5, 5.41) is 0. The minimum absolute atomic E-state index is 0.158. The molecule has 0 heterocycles. The zero-order valence-corrected chi connectivity index (χ0v) is 24.4. The number of aryl methyl sites for hydroxylation is 2. The monoisotopic (exact) mass is 483 g/mol. The van der Waals surface area contributed by atoms with E-state index in [1.165, 1.54) is 64.0 Å². The number of rotatable bonds is 14. The Hall–Kier alpha value is -1.12. The fourth-order valence-electron chi connectivity index (χ4n) is 3.60. The summed E-state index contributed by atoms with van der Waals surface area (Å²) >= 11 is 3.98. The van der Waals surface area contributed by atoms with Gasteiger partial charge >= 0.3 is 0 Å². The van der Waals surface area contributed by atoms with Crippen LogP contribution in [0.1, 0.15) is 98.1 Å². The Morgan fingerprint density at radius 1 is 0.758 bits per heavy atom. The standard InChI is InChI=1S/C31H47S2/c1-24(2)13-10-14-25(3)15-11-16-26(4)17-12-18-27(5)19-20-32-31(8,9)33-30-22-28(6)21-29(7)23-30/h13,15,17,19,22-23H,10-12,14,16,18,20H2,1-9H3. The fourth-order valence-corrected chi connectivity index (χ4v) is 6.13. The highest BCUT2D eigenvalue weighted by atomic mass is 32.2. The van der Waals surface area contributed by atoms with Crippen molar-refractivity contribution in [3.05, 3.63) is 75.9 Å². The van der Waals surface area contributed by atoms with Crippen molar-refractivity contribution in [1.82, 2.24) is 0 Å². The molecule has 0 aliphatic carbocycles. The smallest absolute Gasteiger partial charge is 0.0605 e. The second kappa shape index (κ2) is 15.7. The van der Waals surface area contributed by atoms with Crippen LogP contribution in [0.3, 0.4) is 0 Å². The van der Waals surface area contributed by atoms with Gasteiger partial charge in [-0.3, -0.25) is 0 Å². The first kappa shape index (κ1) is 29.9. The maximum Gasteiger partial charge on any atom is 0.0605 e. The second-order valence-electron chi connectivity index (χ2n) is 10.0. The van der Waals surface area contributed by atoms with Crippen LogP contribution in [0.4, 0.5) is 0 Å². The van der Waals surface area contributed by atoms with E-state index in [1.807, 2.05) is 23.5 Å². The molecule has 0 bridgehead atoms. The normalized spacial score (nSPS) is 13.4. The first-order valence-corrected chi connectivity index (χ1v) is 14.2. The van der Waals surface area contributed by atoms with E-state index in [0.29, 0.717) is 0 Å². The molecule has 183 valence electrons. The first-order valence-electron chi connectivity index (χ1n) is 12.4. The molecule has 0 aliphatic heterocycles. The number of benzene rings is 1. The summed E-state index contributed by atoms with van der Waals surface area (Å²) in [5.74, 6) is 1.07. The van der Waals surface area contributed by atoms with E-state index in [4.69, 9.17) is 0 Å². The molecular weight excluding hydrogens is 436 g/mol. The predicted octanol–water partition coefficient (Wildman–Crippen LogP) is 10.8. The van der Waals surface area contributed by atoms with Crippen LogP contribution in [-0.4, -0.2) is 9.83 Å². The summed E-state index contributed by atoms with van der Waals surface area (Å²) in [7, 11) is 0. The highest BCUT2D eigenvalue weighted by Crippen LogP contribution is 2.41. The van der Waals surface area contributed by atoms with Gasteiger partial charge in [0.15, 0.2) is 0 Å². The maximum atomic E-state index is 3.37. The Bertz CT molecular complexity index is 825. The van der Waals surface area contributed by atoms with E-state index < -0.39 is 0 Å². The van der Waals surface area contributed by atoms with Gasteiger partial charge in [0.05, 0.1) is 4.08 Å². The Kier molecular flexibility index (Phi) is 14.2. The van der Waals surface area contributed by atoms with E-state index in [-0.39, 0.29) is 4.08 Å². The first-order chi connectivity index (χ1) is 15.5. The Labute approximate surface area is 214 Å². The maximum absolute atomic E-state index is 3.37. The molecule has 33 heavy (non-hydrogen) atoms. The number of hydrogen-bond donors (Lipinski definition) is 0. The van der Waals surface area contributed by atoms with Crippen LogP contribution < -0.4 is 0 Å². The molecule has 0 atom stereocenters. The third kappa shape index (κ3) is 15.4. The minimum atomic E-state index is 0.158. The van der Waals surface area contributed by atoms with Crippen molar-refractivity contribution in [2.75, 3.05) is 5.75 Å². The van der Waals surface area contributed by atoms with Gasteiger partial charge in [-0.05, 0) is 130 Å². The van der Waals surface area contributed by atoms with Gasteiger partial charge < -0.3 is 0 Å². The number of hydrogen-bond acceptors (Lipinski definition) is 2. The van der Waals surface area contributed by atoms with Gasteiger partial charge in [0.1, 0.15) is 0 Å². The van der Waals surface area contributed by atoms with Crippen LogP contribution in [0.15, 0.2) is 63.6 Å². The lowest BCUT2D eigenvalue weighted by molar-refractivity contribution is 0.899. The van der Waals surface area contributed by atoms with Gasteiger partial charge in [-0.2, -0.15) is 0 Å². The molecule has 0 fully saturated rings. The summed E-state index contributed by atoms with van der Waals surface area (Å²) in [6, 6.07) is 7.86. The Morgan fingerprint density at radius 2 is 1.21 bits per heavy atom.